The van der Waals surface area contributed by atoms with Gasteiger partial charge in [-0.05, 0) is 18.2 Å². The lowest BCUT2D eigenvalue weighted by molar-refractivity contribution is 0.0949. The molecule has 6 nitrogen and oxygen atoms in total. The molecule has 3 N–H and O–H groups in total. The highest BCUT2D eigenvalue weighted by Crippen LogP contribution is 2.34. The highest BCUT2D eigenvalue weighted by Gasteiger charge is 2.31. The third-order valence-electron chi connectivity index (χ3n) is 3.07. The summed E-state index contributed by atoms with van der Waals surface area (Å²) in [5.74, 6) is 5.68. The van der Waals surface area contributed by atoms with E-state index in [-0.39, 0.29) is 5.41 Å². The Balaban J connectivity index is 2.55. The van der Waals surface area contributed by atoms with Crippen molar-refractivity contribution in [2.24, 2.45) is 12.9 Å². The summed E-state index contributed by atoms with van der Waals surface area (Å²) < 4.78 is 7.34. The van der Waals surface area contributed by atoms with Crippen LogP contribution in [0, 0.1) is 0 Å². The maximum atomic E-state index is 12.2. The summed E-state index contributed by atoms with van der Waals surface area (Å²) in [6.07, 6.45) is 0. The quantitative estimate of drug-likeness (QED) is 0.517. The first-order valence-electron chi connectivity index (χ1n) is 6.76. The number of nitrogens with two attached hydrogens (primary N) is 1. The van der Waals surface area contributed by atoms with Crippen LogP contribution < -0.4 is 16.0 Å². The smallest absolute Gasteiger partial charge is 0.272 e. The van der Waals surface area contributed by atoms with Crippen LogP contribution >= 0.6 is 11.6 Å². The number of rotatable bonds is 3. The molecular weight excluding hydrogens is 304 g/mol. The number of ether oxygens (including phenoxy) is 1. The Morgan fingerprint density at radius 3 is 2.64 bits per heavy atom. The summed E-state index contributed by atoms with van der Waals surface area (Å²) in [7, 11) is 1.71. The number of hydrogen-bond donors (Lipinski definition) is 2. The zero-order valence-electron chi connectivity index (χ0n) is 13.0. The van der Waals surface area contributed by atoms with Crippen LogP contribution in [-0.2, 0) is 12.5 Å². The Labute approximate surface area is 134 Å². The van der Waals surface area contributed by atoms with Crippen LogP contribution in [0.15, 0.2) is 24.3 Å². The van der Waals surface area contributed by atoms with Crippen molar-refractivity contribution in [3.05, 3.63) is 40.5 Å². The molecule has 0 saturated carbocycles. The Hall–Kier alpha value is -2.05. The summed E-state index contributed by atoms with van der Waals surface area (Å²) in [5, 5.41) is 4.95. The van der Waals surface area contributed by atoms with E-state index in [4.69, 9.17) is 22.2 Å². The lowest BCUT2D eigenvalue weighted by Crippen LogP contribution is -2.32. The Bertz CT molecular complexity index is 704. The topological polar surface area (TPSA) is 82.2 Å². The van der Waals surface area contributed by atoms with Crippen LogP contribution in [0.4, 0.5) is 0 Å². The average Bonchev–Trinajstić information content (AvgIpc) is 2.75. The third kappa shape index (κ3) is 3.23. The van der Waals surface area contributed by atoms with Gasteiger partial charge in [-0.2, -0.15) is 5.10 Å². The fourth-order valence-corrected chi connectivity index (χ4v) is 2.25. The van der Waals surface area contributed by atoms with Gasteiger partial charge in [0.15, 0.2) is 0 Å². The summed E-state index contributed by atoms with van der Waals surface area (Å²) >= 11 is 5.96. The molecule has 0 aliphatic rings. The first-order valence-corrected chi connectivity index (χ1v) is 7.13. The van der Waals surface area contributed by atoms with Gasteiger partial charge < -0.3 is 4.74 Å². The zero-order chi connectivity index (χ0) is 16.5. The average molecular weight is 323 g/mol. The number of hydrazine groups is 1. The van der Waals surface area contributed by atoms with E-state index in [1.165, 1.54) is 4.68 Å². The molecule has 0 unspecified atom stereocenters. The van der Waals surface area contributed by atoms with Crippen LogP contribution in [0.5, 0.6) is 11.6 Å². The third-order valence-corrected chi connectivity index (χ3v) is 3.31. The van der Waals surface area contributed by atoms with E-state index in [2.05, 4.69) is 10.5 Å². The van der Waals surface area contributed by atoms with Gasteiger partial charge >= 0.3 is 0 Å². The van der Waals surface area contributed by atoms with Gasteiger partial charge in [-0.25, -0.2) is 10.5 Å². The second-order valence-corrected chi connectivity index (χ2v) is 6.37. The lowest BCUT2D eigenvalue weighted by atomic mass is 9.89. The summed E-state index contributed by atoms with van der Waals surface area (Å²) in [4.78, 5) is 12.2. The summed E-state index contributed by atoms with van der Waals surface area (Å²) in [6.45, 7) is 5.89. The normalized spacial score (nSPS) is 11.4. The molecule has 1 heterocycles. The predicted molar refractivity (Wildman–Crippen MR) is 85.1 cm³/mol. The predicted octanol–water partition coefficient (Wildman–Crippen LogP) is 2.77. The number of aryl methyl sites for hydroxylation is 1. The van der Waals surface area contributed by atoms with Gasteiger partial charge in [0.2, 0.25) is 5.88 Å². The number of carbonyl (C=O) groups is 1. The molecule has 0 bridgehead atoms. The SMILES string of the molecule is Cn1nc(C(C)(C)C)c(C(=O)NN)c1Oc1cccc(Cl)c1. The number of nitrogen functional groups attached to an aromatic ring is 1. The van der Waals surface area contributed by atoms with Gasteiger partial charge in [-0.3, -0.25) is 10.2 Å². The summed E-state index contributed by atoms with van der Waals surface area (Å²) in [6, 6.07) is 6.92. The number of nitrogens with one attached hydrogen (secondary N) is 1. The van der Waals surface area contributed by atoms with Crippen LogP contribution in [0.2, 0.25) is 5.02 Å². The zero-order valence-corrected chi connectivity index (χ0v) is 13.7. The second kappa shape index (κ2) is 5.98. The molecule has 7 heteroatoms. The van der Waals surface area contributed by atoms with Crippen molar-refractivity contribution in [2.75, 3.05) is 0 Å². The van der Waals surface area contributed by atoms with E-state index >= 15 is 0 Å². The maximum Gasteiger partial charge on any atom is 0.272 e. The van der Waals surface area contributed by atoms with Crippen LogP contribution in [0.1, 0.15) is 36.8 Å². The minimum Gasteiger partial charge on any atom is -0.438 e. The number of carbonyl (C=O) groups excluding carboxylic acids is 1. The van der Waals surface area contributed by atoms with E-state index in [9.17, 15) is 4.79 Å². The number of benzene rings is 1. The monoisotopic (exact) mass is 322 g/mol. The van der Waals surface area contributed by atoms with E-state index in [1.54, 1.807) is 31.3 Å². The van der Waals surface area contributed by atoms with E-state index in [0.29, 0.717) is 27.9 Å². The molecule has 2 aromatic rings. The van der Waals surface area contributed by atoms with Crippen molar-refractivity contribution in [1.29, 1.82) is 0 Å². The highest BCUT2D eigenvalue weighted by atomic mass is 35.5. The number of aromatic nitrogens is 2. The van der Waals surface area contributed by atoms with Crippen molar-refractivity contribution in [3.63, 3.8) is 0 Å². The van der Waals surface area contributed by atoms with Gasteiger partial charge in [0.05, 0.1) is 5.69 Å². The first kappa shape index (κ1) is 16.3. The van der Waals surface area contributed by atoms with Crippen molar-refractivity contribution in [3.8, 4) is 11.6 Å². The van der Waals surface area contributed by atoms with Crippen molar-refractivity contribution < 1.29 is 9.53 Å². The molecular formula is C15H19ClN4O2. The number of halogens is 1. The molecule has 1 aromatic carbocycles. The van der Waals surface area contributed by atoms with Crippen LogP contribution in [-0.4, -0.2) is 15.7 Å². The van der Waals surface area contributed by atoms with E-state index in [1.807, 2.05) is 20.8 Å². The van der Waals surface area contributed by atoms with Crippen LogP contribution in [0.3, 0.4) is 0 Å². The molecule has 2 rings (SSSR count). The van der Waals surface area contributed by atoms with Crippen molar-refractivity contribution >= 4 is 17.5 Å². The molecule has 0 atom stereocenters. The second-order valence-electron chi connectivity index (χ2n) is 5.94. The molecule has 1 amide bonds. The first-order chi connectivity index (χ1) is 10.2. The summed E-state index contributed by atoms with van der Waals surface area (Å²) in [5.41, 5.74) is 2.73. The Morgan fingerprint density at radius 1 is 1.41 bits per heavy atom. The lowest BCUT2D eigenvalue weighted by Gasteiger charge is -2.16. The van der Waals surface area contributed by atoms with Gasteiger partial charge in [0.25, 0.3) is 5.91 Å². The van der Waals surface area contributed by atoms with Gasteiger partial charge in [-0.15, -0.1) is 0 Å². The van der Waals surface area contributed by atoms with Gasteiger partial charge in [0, 0.05) is 17.5 Å². The fraction of sp³-hybridized carbons (Fsp3) is 0.333. The van der Waals surface area contributed by atoms with Crippen molar-refractivity contribution in [2.45, 2.75) is 26.2 Å². The van der Waals surface area contributed by atoms with Gasteiger partial charge in [0.1, 0.15) is 11.3 Å². The standard InChI is InChI=1S/C15H19ClN4O2/c1-15(2,3)12-11(13(21)18-17)14(20(4)19-12)22-10-7-5-6-9(16)8-10/h5-8H,17H2,1-4H3,(H,18,21). The molecule has 0 aliphatic heterocycles. The van der Waals surface area contributed by atoms with Crippen molar-refractivity contribution in [1.82, 2.24) is 15.2 Å². The fourth-order valence-electron chi connectivity index (χ4n) is 2.07. The Kier molecular flexibility index (Phi) is 4.44. The number of nitrogens with zero attached hydrogens (tertiary/aromatic N) is 2. The molecule has 0 fully saturated rings. The molecule has 1 aromatic heterocycles. The molecule has 0 saturated heterocycles. The van der Waals surface area contributed by atoms with E-state index in [0.717, 1.165) is 0 Å². The molecule has 22 heavy (non-hydrogen) atoms. The minimum absolute atomic E-state index is 0.315. The molecule has 0 aliphatic carbocycles. The molecule has 118 valence electrons. The minimum atomic E-state index is -0.449. The maximum absolute atomic E-state index is 12.2. The molecule has 0 radical (unpaired) electrons. The highest BCUT2D eigenvalue weighted by molar-refractivity contribution is 6.30. The molecule has 0 spiro atoms. The largest absolute Gasteiger partial charge is 0.438 e. The Morgan fingerprint density at radius 2 is 2.09 bits per heavy atom. The van der Waals surface area contributed by atoms with E-state index < -0.39 is 5.91 Å². The van der Waals surface area contributed by atoms with Gasteiger partial charge in [-0.1, -0.05) is 38.4 Å². The number of amides is 1. The van der Waals surface area contributed by atoms with Crippen LogP contribution in [0.25, 0.3) is 0 Å². The number of hydrogen-bond acceptors (Lipinski definition) is 4.